The molecule has 0 radical (unpaired) electrons. The monoisotopic (exact) mass is 506 g/mol. The predicted molar refractivity (Wildman–Crippen MR) is 140 cm³/mol. The van der Waals surface area contributed by atoms with Gasteiger partial charge >= 0.3 is 0 Å². The Morgan fingerprint density at radius 2 is 1.46 bits per heavy atom. The number of nitrogens with zero attached hydrogens (tertiary/aromatic N) is 3. The van der Waals surface area contributed by atoms with Crippen LogP contribution in [0.15, 0.2) is 53.0 Å². The Kier molecular flexibility index (Phi) is 7.10. The van der Waals surface area contributed by atoms with Gasteiger partial charge in [0.1, 0.15) is 22.9 Å². The number of ether oxygens (including phenoxy) is 3. The number of likely N-dealkylation sites (N-methyl/N-ethyl adjacent to an activating group) is 1. The molecule has 194 valence electrons. The van der Waals surface area contributed by atoms with Crippen LogP contribution in [0.25, 0.3) is 11.3 Å². The number of aromatic nitrogens is 2. The van der Waals surface area contributed by atoms with Crippen LogP contribution in [0.2, 0.25) is 0 Å². The third-order valence-corrected chi connectivity index (χ3v) is 6.42. The summed E-state index contributed by atoms with van der Waals surface area (Å²) in [5.41, 5.74) is 1.23. The second-order valence-electron chi connectivity index (χ2n) is 8.33. The number of methoxy groups -OCH3 is 3. The number of aryl methyl sites for hydroxylation is 1. The summed E-state index contributed by atoms with van der Waals surface area (Å²) in [6.45, 7) is 6.43. The molecule has 0 fully saturated rings. The van der Waals surface area contributed by atoms with Crippen molar-refractivity contribution in [2.75, 3.05) is 39.3 Å². The van der Waals surface area contributed by atoms with E-state index < -0.39 is 17.4 Å². The first-order valence-electron chi connectivity index (χ1n) is 11.9. The molecule has 1 aliphatic heterocycles. The second-order valence-corrected chi connectivity index (χ2v) is 8.33. The van der Waals surface area contributed by atoms with Gasteiger partial charge in [0.25, 0.3) is 17.4 Å². The van der Waals surface area contributed by atoms with E-state index >= 15 is 0 Å². The van der Waals surface area contributed by atoms with Gasteiger partial charge in [-0.15, -0.1) is 0 Å². The van der Waals surface area contributed by atoms with Crippen LogP contribution in [0.3, 0.4) is 0 Å². The highest BCUT2D eigenvalue weighted by molar-refractivity contribution is 6.45. The number of hydrogen-bond donors (Lipinski definition) is 1. The van der Waals surface area contributed by atoms with Crippen molar-refractivity contribution in [3.8, 4) is 22.9 Å². The van der Waals surface area contributed by atoms with Gasteiger partial charge in [0.05, 0.1) is 43.8 Å². The van der Waals surface area contributed by atoms with Gasteiger partial charge < -0.3 is 19.1 Å². The molecule has 0 saturated heterocycles. The topological polar surface area (TPSA) is 106 Å². The molecule has 0 saturated carbocycles. The first-order valence-corrected chi connectivity index (χ1v) is 11.9. The summed E-state index contributed by atoms with van der Waals surface area (Å²) in [7, 11) is 4.53. The van der Waals surface area contributed by atoms with E-state index in [0.717, 1.165) is 4.90 Å². The Morgan fingerprint density at radius 3 is 2.03 bits per heavy atom. The van der Waals surface area contributed by atoms with E-state index in [0.29, 0.717) is 41.7 Å². The normalized spacial score (nSPS) is 13.4. The third-order valence-electron chi connectivity index (χ3n) is 6.42. The maximum atomic E-state index is 14.0. The first-order chi connectivity index (χ1) is 17.8. The first kappa shape index (κ1) is 25.6. The number of H-pyrrole nitrogens is 1. The van der Waals surface area contributed by atoms with Crippen molar-refractivity contribution < 1.29 is 23.8 Å². The third kappa shape index (κ3) is 4.24. The van der Waals surface area contributed by atoms with Crippen LogP contribution in [0, 0.1) is 6.92 Å². The molecule has 3 aromatic rings. The number of benzene rings is 2. The zero-order valence-corrected chi connectivity index (χ0v) is 21.7. The summed E-state index contributed by atoms with van der Waals surface area (Å²) in [6.07, 6.45) is 0. The number of imide groups is 1. The van der Waals surface area contributed by atoms with Crippen molar-refractivity contribution in [3.05, 3.63) is 69.8 Å². The van der Waals surface area contributed by atoms with Gasteiger partial charge in [-0.25, -0.2) is 9.58 Å². The fourth-order valence-electron chi connectivity index (χ4n) is 4.52. The lowest BCUT2D eigenvalue weighted by Gasteiger charge is -2.23. The quantitative estimate of drug-likeness (QED) is 0.445. The Labute approximate surface area is 214 Å². The number of carbonyl (C=O) groups is 2. The maximum Gasteiger partial charge on any atom is 0.282 e. The molecular weight excluding hydrogens is 476 g/mol. The molecule has 2 aromatic carbocycles. The number of rotatable bonds is 9. The Bertz CT molecular complexity index is 1430. The van der Waals surface area contributed by atoms with Crippen LogP contribution in [0.4, 0.5) is 5.69 Å². The molecule has 0 bridgehead atoms. The molecule has 37 heavy (non-hydrogen) atoms. The number of hydrogen-bond acceptors (Lipinski definition) is 7. The van der Waals surface area contributed by atoms with E-state index in [1.807, 2.05) is 13.8 Å². The largest absolute Gasteiger partial charge is 0.497 e. The van der Waals surface area contributed by atoms with E-state index in [1.54, 1.807) is 61.4 Å². The van der Waals surface area contributed by atoms with Crippen LogP contribution in [0.1, 0.15) is 25.1 Å². The van der Waals surface area contributed by atoms with Gasteiger partial charge in [-0.1, -0.05) is 0 Å². The molecule has 0 spiro atoms. The van der Waals surface area contributed by atoms with Crippen molar-refractivity contribution in [3.63, 3.8) is 0 Å². The van der Waals surface area contributed by atoms with Crippen LogP contribution >= 0.6 is 0 Å². The summed E-state index contributed by atoms with van der Waals surface area (Å²) in [6, 6.07) is 11.8. The standard InChI is InChI=1S/C27H30N4O6/c1-7-29(8-2)24-23(22-16(3)28-31(26(22)33)17-9-11-18(35-4)12-10-17)25(32)30(27(24)34)20-14-13-19(36-5)15-21(20)37-6/h9-15,28H,7-8H2,1-6H3. The summed E-state index contributed by atoms with van der Waals surface area (Å²) < 4.78 is 17.3. The molecule has 2 amide bonds. The Morgan fingerprint density at radius 1 is 0.838 bits per heavy atom. The molecule has 1 aliphatic rings. The highest BCUT2D eigenvalue weighted by atomic mass is 16.5. The van der Waals surface area contributed by atoms with Crippen LogP contribution < -0.4 is 24.7 Å². The van der Waals surface area contributed by atoms with Crippen molar-refractivity contribution in [2.45, 2.75) is 20.8 Å². The zero-order chi connectivity index (χ0) is 26.9. The smallest absolute Gasteiger partial charge is 0.282 e. The van der Waals surface area contributed by atoms with Crippen molar-refractivity contribution in [2.24, 2.45) is 0 Å². The molecule has 10 nitrogen and oxygen atoms in total. The number of amides is 2. The lowest BCUT2D eigenvalue weighted by atomic mass is 10.0. The number of anilines is 1. The van der Waals surface area contributed by atoms with Crippen molar-refractivity contribution >= 4 is 23.1 Å². The summed E-state index contributed by atoms with van der Waals surface area (Å²) >= 11 is 0. The molecule has 4 rings (SSSR count). The van der Waals surface area contributed by atoms with Gasteiger partial charge in [0, 0.05) is 24.8 Å². The minimum atomic E-state index is -0.601. The molecule has 10 heteroatoms. The van der Waals surface area contributed by atoms with Crippen LogP contribution in [0.5, 0.6) is 17.2 Å². The maximum absolute atomic E-state index is 14.0. The van der Waals surface area contributed by atoms with E-state index in [-0.39, 0.29) is 22.5 Å². The van der Waals surface area contributed by atoms with Crippen molar-refractivity contribution in [1.29, 1.82) is 0 Å². The highest BCUT2D eigenvalue weighted by Crippen LogP contribution is 2.40. The van der Waals surface area contributed by atoms with E-state index in [1.165, 1.54) is 18.9 Å². The highest BCUT2D eigenvalue weighted by Gasteiger charge is 2.45. The number of nitrogens with one attached hydrogen (secondary N) is 1. The van der Waals surface area contributed by atoms with E-state index in [9.17, 15) is 14.4 Å². The zero-order valence-electron chi connectivity index (χ0n) is 21.7. The van der Waals surface area contributed by atoms with Gasteiger partial charge in [0.15, 0.2) is 0 Å². The fourth-order valence-corrected chi connectivity index (χ4v) is 4.52. The Hall–Kier alpha value is -4.47. The molecule has 0 atom stereocenters. The lowest BCUT2D eigenvalue weighted by molar-refractivity contribution is -0.120. The van der Waals surface area contributed by atoms with Crippen LogP contribution in [-0.4, -0.2) is 60.9 Å². The van der Waals surface area contributed by atoms with Gasteiger partial charge in [-0.2, -0.15) is 0 Å². The molecule has 2 heterocycles. The predicted octanol–water partition coefficient (Wildman–Crippen LogP) is 3.13. The van der Waals surface area contributed by atoms with E-state index in [4.69, 9.17) is 14.2 Å². The summed E-state index contributed by atoms with van der Waals surface area (Å²) in [5.74, 6) is 0.329. The van der Waals surface area contributed by atoms with Crippen molar-refractivity contribution in [1.82, 2.24) is 14.7 Å². The molecular formula is C27H30N4O6. The second kappa shape index (κ2) is 10.3. The summed E-state index contributed by atoms with van der Waals surface area (Å²) in [4.78, 5) is 44.4. The molecule has 1 N–H and O–H groups in total. The summed E-state index contributed by atoms with van der Waals surface area (Å²) in [5, 5.41) is 3.05. The average Bonchev–Trinajstić information content (AvgIpc) is 3.35. The van der Waals surface area contributed by atoms with Crippen LogP contribution in [-0.2, 0) is 9.59 Å². The SMILES string of the molecule is CCN(CC)C1=C(c2c(C)[nH]n(-c3ccc(OC)cc3)c2=O)C(=O)N(c2ccc(OC)cc2OC)C1=O. The minimum Gasteiger partial charge on any atom is -0.497 e. The molecule has 0 unspecified atom stereocenters. The fraction of sp³-hybridized carbons (Fsp3) is 0.296. The molecule has 1 aromatic heterocycles. The van der Waals surface area contributed by atoms with E-state index in [2.05, 4.69) is 5.10 Å². The van der Waals surface area contributed by atoms with Gasteiger partial charge in [-0.05, 0) is 57.2 Å². The number of aromatic amines is 1. The average molecular weight is 507 g/mol. The van der Waals surface area contributed by atoms with Gasteiger partial charge in [0.2, 0.25) is 0 Å². The minimum absolute atomic E-state index is 0.0533. The van der Waals surface area contributed by atoms with Gasteiger partial charge in [-0.3, -0.25) is 19.5 Å². The number of carbonyl (C=O) groups excluding carboxylic acids is 2. The Balaban J connectivity index is 1.91. The lowest BCUT2D eigenvalue weighted by Crippen LogP contribution is -2.35. The molecule has 0 aliphatic carbocycles.